The highest BCUT2D eigenvalue weighted by atomic mass is 15.0. The van der Waals surface area contributed by atoms with E-state index in [2.05, 4.69) is 230 Å². The number of hydrogen-bond acceptors (Lipinski definition) is 4. The molecule has 0 radical (unpaired) electrons. The second-order valence-electron chi connectivity index (χ2n) is 26.8. The first-order chi connectivity index (χ1) is 46.9. The van der Waals surface area contributed by atoms with Gasteiger partial charge in [-0.25, -0.2) is 0 Å². The molecule has 6 heterocycles. The zero-order valence-corrected chi connectivity index (χ0v) is 56.6. The van der Waals surface area contributed by atoms with Crippen LogP contribution in [-0.2, 0) is 18.5 Å². The van der Waals surface area contributed by atoms with Gasteiger partial charge in [0.1, 0.15) is 0 Å². The van der Waals surface area contributed by atoms with Gasteiger partial charge >= 0.3 is 0 Å². The number of aryl methyl sites for hydroxylation is 2. The third kappa shape index (κ3) is 14.4. The summed E-state index contributed by atoms with van der Waals surface area (Å²) in [5.74, 6) is 14.3. The van der Waals surface area contributed by atoms with Crippen LogP contribution in [-0.4, -0.2) is 29.1 Å². The number of unbranched alkanes of at least 4 members (excludes halogenated alkanes) is 16. The van der Waals surface area contributed by atoms with Crippen molar-refractivity contribution in [1.29, 1.82) is 0 Å². The quantitative estimate of drug-likeness (QED) is 0.0362. The average Bonchev–Trinajstić information content (AvgIpc) is 1.56. The Balaban J connectivity index is 0.727. The van der Waals surface area contributed by atoms with Gasteiger partial charge in [0.25, 0.3) is 0 Å². The number of aromatic nitrogens is 6. The van der Waals surface area contributed by atoms with E-state index >= 15 is 0 Å². The van der Waals surface area contributed by atoms with Gasteiger partial charge in [0.15, 0.2) is 0 Å². The molecular weight excluding hydrogens is 1150 g/mol. The molecule has 0 spiro atoms. The van der Waals surface area contributed by atoms with Crippen molar-refractivity contribution in [2.24, 2.45) is 0 Å². The second kappa shape index (κ2) is 30.8. The average molecular weight is 1250 g/mol. The standard InChI is InChI=1S/C89H92N6/c1-5-9-13-17-19-25-53-89(54-26-20-18-14-10-6-2)79-57-65(33-35-67-39-47-81(90-61-67)83-49-41-71(63-92-83)69-43-51-87-77(59-69)75-29-21-23-31-85(75)94(87)55-27-15-11-7-3)37-45-73(79)74-46-38-66(58-80(74)89)34-36-68-40-48-82(91-62-68)84-50-42-72(64-93-84)70-44-52-88-78(60-70)76-30-22-24-32-86(76)95(88)56-28-16-12-8-4/h21-24,29-32,37-52,57-64H,5-20,25-28,53-56H2,1-4H3. The fourth-order valence-corrected chi connectivity index (χ4v) is 15.0. The molecule has 0 amide bonds. The van der Waals surface area contributed by atoms with Crippen molar-refractivity contribution < 1.29 is 0 Å². The van der Waals surface area contributed by atoms with Crippen molar-refractivity contribution in [1.82, 2.24) is 29.1 Å². The summed E-state index contributed by atoms with van der Waals surface area (Å²) >= 11 is 0. The molecule has 1 aliphatic rings. The summed E-state index contributed by atoms with van der Waals surface area (Å²) in [4.78, 5) is 19.7. The van der Waals surface area contributed by atoms with E-state index in [0.29, 0.717) is 0 Å². The van der Waals surface area contributed by atoms with Crippen LogP contribution < -0.4 is 0 Å². The van der Waals surface area contributed by atoms with Gasteiger partial charge in [-0.3, -0.25) is 19.9 Å². The van der Waals surface area contributed by atoms with Crippen molar-refractivity contribution in [2.75, 3.05) is 0 Å². The summed E-state index contributed by atoms with van der Waals surface area (Å²) in [6, 6.07) is 62.3. The number of fused-ring (bicyclic) bond motifs is 9. The molecule has 1 aliphatic carbocycles. The minimum atomic E-state index is -0.130. The molecule has 478 valence electrons. The maximum absolute atomic E-state index is 4.95. The van der Waals surface area contributed by atoms with Crippen LogP contribution in [0.4, 0.5) is 0 Å². The van der Waals surface area contributed by atoms with Crippen molar-refractivity contribution in [3.05, 3.63) is 228 Å². The molecule has 0 saturated heterocycles. The van der Waals surface area contributed by atoms with Gasteiger partial charge in [0.05, 0.1) is 22.8 Å². The van der Waals surface area contributed by atoms with E-state index in [4.69, 9.17) is 19.9 Å². The Bertz CT molecular complexity index is 4410. The van der Waals surface area contributed by atoms with Crippen LogP contribution in [0.1, 0.15) is 202 Å². The van der Waals surface area contributed by atoms with Gasteiger partial charge in [-0.15, -0.1) is 0 Å². The van der Waals surface area contributed by atoms with Crippen LogP contribution in [0.25, 0.3) is 99.8 Å². The van der Waals surface area contributed by atoms with Crippen molar-refractivity contribution in [3.8, 4) is 79.8 Å². The van der Waals surface area contributed by atoms with E-state index < -0.39 is 0 Å². The van der Waals surface area contributed by atoms with Crippen LogP contribution in [0.5, 0.6) is 0 Å². The fraction of sp³-hybridized carbons (Fsp3) is 0.326. The molecule has 0 bridgehead atoms. The summed E-state index contributed by atoms with van der Waals surface area (Å²) in [6.45, 7) is 11.2. The van der Waals surface area contributed by atoms with Crippen molar-refractivity contribution in [3.63, 3.8) is 0 Å². The highest BCUT2D eigenvalue weighted by Gasteiger charge is 2.42. The second-order valence-corrected chi connectivity index (χ2v) is 26.8. The molecule has 0 aliphatic heterocycles. The Labute approximate surface area is 564 Å². The van der Waals surface area contributed by atoms with Crippen LogP contribution in [0.3, 0.4) is 0 Å². The molecule has 6 aromatic carbocycles. The minimum absolute atomic E-state index is 0.130. The number of hydrogen-bond donors (Lipinski definition) is 0. The van der Waals surface area contributed by atoms with Crippen LogP contribution in [0.15, 0.2) is 195 Å². The van der Waals surface area contributed by atoms with Gasteiger partial charge in [0, 0.05) is 120 Å². The van der Waals surface area contributed by atoms with E-state index in [1.807, 2.05) is 24.8 Å². The Morgan fingerprint density at radius 3 is 1.04 bits per heavy atom. The van der Waals surface area contributed by atoms with E-state index in [9.17, 15) is 0 Å². The SMILES string of the molecule is CCCCCCCCC1(CCCCCCCC)c2cc(C#Cc3ccc(-c4ccc(-c5ccc6c(c5)c5ccccc5n6CCCCCC)cn4)nc3)ccc2-c2ccc(C#Cc3ccc(-c4ccc(-c5ccc6c(c5)c5ccccc5n6CCCCCC)cn4)nc3)cc21. The highest BCUT2D eigenvalue weighted by Crippen LogP contribution is 2.55. The van der Waals surface area contributed by atoms with Gasteiger partial charge in [-0.05, 0) is 156 Å². The third-order valence-electron chi connectivity index (χ3n) is 20.2. The first kappa shape index (κ1) is 64.4. The van der Waals surface area contributed by atoms with E-state index in [-0.39, 0.29) is 5.41 Å². The monoisotopic (exact) mass is 1240 g/mol. The Morgan fingerprint density at radius 2 is 0.642 bits per heavy atom. The Kier molecular flexibility index (Phi) is 20.9. The molecule has 12 aromatic rings. The molecule has 0 N–H and O–H groups in total. The summed E-state index contributed by atoms with van der Waals surface area (Å²) < 4.78 is 5.02. The number of rotatable bonds is 28. The lowest BCUT2D eigenvalue weighted by Crippen LogP contribution is -2.26. The summed E-state index contributed by atoms with van der Waals surface area (Å²) in [5, 5.41) is 5.21. The molecule has 6 aromatic heterocycles. The normalized spacial score (nSPS) is 12.3. The maximum Gasteiger partial charge on any atom is 0.0887 e. The molecule has 95 heavy (non-hydrogen) atoms. The molecule has 0 saturated carbocycles. The molecular formula is C89H92N6. The van der Waals surface area contributed by atoms with Crippen molar-refractivity contribution in [2.45, 2.75) is 187 Å². The Hall–Kier alpha value is -9.36. The van der Waals surface area contributed by atoms with Crippen LogP contribution in [0, 0.1) is 23.7 Å². The number of nitrogens with zero attached hydrogens (tertiary/aromatic N) is 6. The molecule has 0 unspecified atom stereocenters. The smallest absolute Gasteiger partial charge is 0.0887 e. The van der Waals surface area contributed by atoms with E-state index in [1.165, 1.54) is 205 Å². The minimum Gasteiger partial charge on any atom is -0.340 e. The van der Waals surface area contributed by atoms with E-state index in [0.717, 1.165) is 82.1 Å². The van der Waals surface area contributed by atoms with Crippen molar-refractivity contribution >= 4 is 43.6 Å². The lowest BCUT2D eigenvalue weighted by atomic mass is 9.70. The number of benzene rings is 6. The summed E-state index contributed by atoms with van der Waals surface area (Å²) in [5.41, 5.74) is 22.4. The zero-order chi connectivity index (χ0) is 64.8. The van der Waals surface area contributed by atoms with Crippen LogP contribution in [0.2, 0.25) is 0 Å². The molecule has 6 heteroatoms. The first-order valence-electron chi connectivity index (χ1n) is 36.1. The summed E-state index contributed by atoms with van der Waals surface area (Å²) in [7, 11) is 0. The largest absolute Gasteiger partial charge is 0.340 e. The highest BCUT2D eigenvalue weighted by molar-refractivity contribution is 6.10. The Morgan fingerprint density at radius 1 is 0.295 bits per heavy atom. The fourth-order valence-electron chi connectivity index (χ4n) is 15.0. The van der Waals surface area contributed by atoms with Gasteiger partial charge in [-0.2, -0.15) is 0 Å². The molecule has 0 atom stereocenters. The van der Waals surface area contributed by atoms with Gasteiger partial charge < -0.3 is 9.13 Å². The first-order valence-corrected chi connectivity index (χ1v) is 36.1. The lowest BCUT2D eigenvalue weighted by Gasteiger charge is -2.33. The van der Waals surface area contributed by atoms with E-state index in [1.54, 1.807) is 0 Å². The third-order valence-corrected chi connectivity index (χ3v) is 20.2. The number of pyridine rings is 4. The maximum atomic E-state index is 4.95. The molecule has 6 nitrogen and oxygen atoms in total. The zero-order valence-electron chi connectivity index (χ0n) is 56.6. The summed E-state index contributed by atoms with van der Waals surface area (Å²) in [6.07, 6.45) is 35.1. The molecule has 13 rings (SSSR count). The van der Waals surface area contributed by atoms with Gasteiger partial charge in [-0.1, -0.05) is 240 Å². The number of para-hydroxylation sites is 2. The lowest BCUT2D eigenvalue weighted by molar-refractivity contribution is 0.397. The topological polar surface area (TPSA) is 61.4 Å². The predicted octanol–water partition coefficient (Wildman–Crippen LogP) is 23.9. The van der Waals surface area contributed by atoms with Gasteiger partial charge in [0.2, 0.25) is 0 Å². The predicted molar refractivity (Wildman–Crippen MR) is 401 cm³/mol. The van der Waals surface area contributed by atoms with Crippen LogP contribution >= 0.6 is 0 Å². The molecule has 0 fully saturated rings.